The molecule has 2 rings (SSSR count). The average Bonchev–Trinajstić information content (AvgIpc) is 2.45. The number of hydrogen-bond acceptors (Lipinski definition) is 2. The molecular formula is C19H28Li3O4P. The second kappa shape index (κ2) is 10.8. The Morgan fingerprint density at radius 1 is 0.852 bits per heavy atom. The molecule has 0 aliphatic rings. The van der Waals surface area contributed by atoms with Gasteiger partial charge in [-0.1, -0.05) is 77.1 Å². The van der Waals surface area contributed by atoms with Crippen molar-refractivity contribution in [2.24, 2.45) is 0 Å². The molecule has 0 aliphatic heterocycles. The normalized spacial score (nSPS) is 11.5. The van der Waals surface area contributed by atoms with E-state index in [-0.39, 0.29) is 77.4 Å². The van der Waals surface area contributed by atoms with Crippen molar-refractivity contribution in [1.29, 1.82) is 0 Å². The van der Waals surface area contributed by atoms with Crippen molar-refractivity contribution >= 4 is 7.82 Å². The van der Waals surface area contributed by atoms with E-state index in [0.29, 0.717) is 0 Å². The van der Waals surface area contributed by atoms with E-state index in [0.717, 1.165) is 11.1 Å². The van der Waals surface area contributed by atoms with Crippen molar-refractivity contribution in [1.82, 2.24) is 0 Å². The zero-order valence-electron chi connectivity index (χ0n) is 20.8. The van der Waals surface area contributed by atoms with Gasteiger partial charge in [0.15, 0.2) is 0 Å². The molecule has 0 spiro atoms. The van der Waals surface area contributed by atoms with Gasteiger partial charge in [0.05, 0.1) is 0 Å². The van der Waals surface area contributed by atoms with Crippen LogP contribution in [0.5, 0.6) is 5.75 Å². The van der Waals surface area contributed by atoms with Crippen molar-refractivity contribution in [3.05, 3.63) is 65.2 Å². The maximum Gasteiger partial charge on any atom is 1.00 e. The molecule has 0 aliphatic carbocycles. The Kier molecular flexibility index (Phi) is 11.8. The van der Waals surface area contributed by atoms with Crippen molar-refractivity contribution in [3.8, 4) is 5.75 Å². The Hall–Kier alpha value is 0.182. The van der Waals surface area contributed by atoms with Gasteiger partial charge in [-0.2, -0.15) is 0 Å². The first-order valence-electron chi connectivity index (χ1n) is 7.87. The predicted molar refractivity (Wildman–Crippen MR) is 99.7 cm³/mol. The fraction of sp³-hybridized carbons (Fsp3) is 0.368. The first-order chi connectivity index (χ1) is 10.9. The van der Waals surface area contributed by atoms with Crippen LogP contribution in [0.1, 0.15) is 55.6 Å². The first-order valence-corrected chi connectivity index (χ1v) is 9.40. The first kappa shape index (κ1) is 29.4. The van der Waals surface area contributed by atoms with Crippen LogP contribution in [0.2, 0.25) is 0 Å². The van der Waals surface area contributed by atoms with Crippen LogP contribution in [0.15, 0.2) is 48.5 Å². The van der Waals surface area contributed by atoms with Crippen molar-refractivity contribution in [3.63, 3.8) is 0 Å². The van der Waals surface area contributed by atoms with Crippen LogP contribution in [0, 0.1) is 0 Å². The van der Waals surface area contributed by atoms with Crippen LogP contribution < -0.4 is 61.1 Å². The Morgan fingerprint density at radius 3 is 1.81 bits per heavy atom. The molecule has 0 saturated carbocycles. The molecule has 2 aromatic carbocycles. The Labute approximate surface area is 203 Å². The van der Waals surface area contributed by atoms with Crippen LogP contribution >= 0.6 is 7.82 Å². The summed E-state index contributed by atoms with van der Waals surface area (Å²) in [5.74, 6) is 0.225. The molecule has 0 saturated heterocycles. The van der Waals surface area contributed by atoms with Gasteiger partial charge in [-0.25, -0.2) is 4.57 Å². The molecule has 8 heteroatoms. The van der Waals surface area contributed by atoms with Gasteiger partial charge >= 0.3 is 64.4 Å². The average molecular weight is 372 g/mol. The van der Waals surface area contributed by atoms with Crippen molar-refractivity contribution in [2.75, 3.05) is 0 Å². The minimum absolute atomic E-state index is 0. The topological polar surface area (TPSA) is 66.8 Å². The molecule has 2 aromatic rings. The number of benzene rings is 2. The number of phosphoric acid groups is 1. The van der Waals surface area contributed by atoms with Gasteiger partial charge in [-0.05, 0) is 22.6 Å². The molecule has 0 amide bonds. The molecule has 27 heavy (non-hydrogen) atoms. The van der Waals surface area contributed by atoms with Crippen LogP contribution in [-0.4, -0.2) is 9.79 Å². The summed E-state index contributed by atoms with van der Waals surface area (Å²) in [4.78, 5) is 18.3. The fourth-order valence-electron chi connectivity index (χ4n) is 2.73. The van der Waals surface area contributed by atoms with E-state index in [9.17, 15) is 4.57 Å². The van der Waals surface area contributed by atoms with Crippen LogP contribution in [0.4, 0.5) is 0 Å². The molecule has 0 atom stereocenters. The minimum Gasteiger partial charge on any atom is -1.00 e. The van der Waals surface area contributed by atoms with E-state index >= 15 is 0 Å². The molecule has 0 aromatic heterocycles. The SMILES string of the molecule is CC(C)(C)c1cc(C(C)(C)c2ccccc2)ccc1OP(=O)(O)O.[H-].[H-].[H-].[Li+].[Li+].[Li+]. The van der Waals surface area contributed by atoms with Gasteiger partial charge in [0.25, 0.3) is 0 Å². The second-order valence-corrected chi connectivity index (χ2v) is 8.70. The summed E-state index contributed by atoms with van der Waals surface area (Å²) >= 11 is 0. The summed E-state index contributed by atoms with van der Waals surface area (Å²) < 4.78 is 16.2. The van der Waals surface area contributed by atoms with E-state index < -0.39 is 7.82 Å². The van der Waals surface area contributed by atoms with E-state index in [1.54, 1.807) is 6.07 Å². The largest absolute Gasteiger partial charge is 1.00 e. The van der Waals surface area contributed by atoms with Crippen molar-refractivity contribution < 1.29 is 79.7 Å². The summed E-state index contributed by atoms with van der Waals surface area (Å²) in [6.45, 7) is 10.2. The molecule has 0 radical (unpaired) electrons. The molecule has 0 unspecified atom stereocenters. The smallest absolute Gasteiger partial charge is 1.00 e. The Bertz CT molecular complexity index is 782. The van der Waals surface area contributed by atoms with E-state index in [1.807, 2.05) is 51.1 Å². The zero-order valence-corrected chi connectivity index (χ0v) is 18.7. The number of rotatable bonds is 4. The van der Waals surface area contributed by atoms with Gasteiger partial charge < -0.3 is 8.80 Å². The summed E-state index contributed by atoms with van der Waals surface area (Å²) in [5, 5.41) is 0. The van der Waals surface area contributed by atoms with Gasteiger partial charge in [0.1, 0.15) is 5.75 Å². The van der Waals surface area contributed by atoms with Crippen LogP contribution in [0.3, 0.4) is 0 Å². The standard InChI is InChI=1S/C19H25O4P.3Li.3H/c1-18(2,3)16-13-15(11-12-17(16)23-24(20,21)22)19(4,5)14-9-7-6-8-10-14;;;;;;/h6-13H,1-5H3,(H2,20,21,22);;;;;;/q;3*+1;3*-1. The van der Waals surface area contributed by atoms with Gasteiger partial charge in [0, 0.05) is 11.0 Å². The summed E-state index contributed by atoms with van der Waals surface area (Å²) in [6.07, 6.45) is 0. The monoisotopic (exact) mass is 372 g/mol. The quantitative estimate of drug-likeness (QED) is 0.426. The van der Waals surface area contributed by atoms with Crippen molar-refractivity contribution in [2.45, 2.75) is 45.4 Å². The number of hydrogen-bond donors (Lipinski definition) is 2. The van der Waals surface area contributed by atoms with Gasteiger partial charge in [-0.3, -0.25) is 9.79 Å². The summed E-state index contributed by atoms with van der Waals surface area (Å²) in [7, 11) is -4.60. The fourth-order valence-corrected chi connectivity index (χ4v) is 3.15. The summed E-state index contributed by atoms with van der Waals surface area (Å²) in [5.41, 5.74) is 2.47. The molecular weight excluding hydrogens is 344 g/mol. The second-order valence-electron chi connectivity index (χ2n) is 7.53. The molecule has 2 N–H and O–H groups in total. The Morgan fingerprint density at radius 2 is 1.37 bits per heavy atom. The molecule has 0 bridgehead atoms. The number of phosphoric ester groups is 1. The maximum atomic E-state index is 11.3. The third-order valence-electron chi connectivity index (χ3n) is 4.22. The van der Waals surface area contributed by atoms with Crippen LogP contribution in [-0.2, 0) is 15.4 Å². The van der Waals surface area contributed by atoms with Gasteiger partial charge in [0.2, 0.25) is 0 Å². The molecule has 0 heterocycles. The molecule has 0 fully saturated rings. The Balaban J connectivity index is -0.000000347. The molecule has 136 valence electrons. The third-order valence-corrected chi connectivity index (χ3v) is 4.66. The maximum absolute atomic E-state index is 11.3. The zero-order chi connectivity index (χ0) is 18.2. The van der Waals surface area contributed by atoms with Gasteiger partial charge in [-0.15, -0.1) is 0 Å². The molecule has 4 nitrogen and oxygen atoms in total. The third kappa shape index (κ3) is 7.84. The van der Waals surface area contributed by atoms with E-state index in [4.69, 9.17) is 14.3 Å². The van der Waals surface area contributed by atoms with E-state index in [2.05, 4.69) is 26.0 Å². The predicted octanol–water partition coefficient (Wildman–Crippen LogP) is -3.87. The van der Waals surface area contributed by atoms with Crippen LogP contribution in [0.25, 0.3) is 0 Å². The van der Waals surface area contributed by atoms with E-state index in [1.165, 1.54) is 5.56 Å². The summed E-state index contributed by atoms with van der Waals surface area (Å²) in [6, 6.07) is 15.7. The minimum atomic E-state index is -4.60.